The summed E-state index contributed by atoms with van der Waals surface area (Å²) >= 11 is 0. The highest BCUT2D eigenvalue weighted by molar-refractivity contribution is 5.95. The van der Waals surface area contributed by atoms with Gasteiger partial charge in [-0.1, -0.05) is 5.16 Å². The molecule has 1 aliphatic rings. The number of hydrogen-bond acceptors (Lipinski definition) is 3. The van der Waals surface area contributed by atoms with Crippen LogP contribution in [0.2, 0.25) is 0 Å². The molecule has 0 aliphatic heterocycles. The number of benzene rings is 1. The topological polar surface area (TPSA) is 78.9 Å². The van der Waals surface area contributed by atoms with Gasteiger partial charge >= 0.3 is 0 Å². The molecule has 3 N–H and O–H groups in total. The van der Waals surface area contributed by atoms with Gasteiger partial charge in [-0.05, 0) is 31.0 Å². The van der Waals surface area contributed by atoms with Crippen LogP contribution in [0.5, 0.6) is 0 Å². The molecule has 108 valence electrons. The zero-order valence-electron chi connectivity index (χ0n) is 10.7. The van der Waals surface area contributed by atoms with Gasteiger partial charge in [0, 0.05) is 19.0 Å². The van der Waals surface area contributed by atoms with E-state index >= 15 is 0 Å². The van der Waals surface area contributed by atoms with Crippen molar-refractivity contribution in [3.8, 4) is 0 Å². The van der Waals surface area contributed by atoms with Crippen LogP contribution < -0.4 is 5.73 Å². The molecule has 1 aromatic rings. The summed E-state index contributed by atoms with van der Waals surface area (Å²) in [5.74, 6) is -2.01. The van der Waals surface area contributed by atoms with Crippen molar-refractivity contribution in [1.82, 2.24) is 4.90 Å². The second kappa shape index (κ2) is 5.85. The lowest BCUT2D eigenvalue weighted by Gasteiger charge is -2.22. The van der Waals surface area contributed by atoms with Gasteiger partial charge in [-0.15, -0.1) is 0 Å². The quantitative estimate of drug-likeness (QED) is 0.373. The van der Waals surface area contributed by atoms with Crippen LogP contribution in [-0.4, -0.2) is 34.4 Å². The fraction of sp³-hybridized carbons (Fsp3) is 0.385. The maximum absolute atomic E-state index is 13.6. The third-order valence-corrected chi connectivity index (χ3v) is 3.14. The van der Waals surface area contributed by atoms with Gasteiger partial charge in [-0.25, -0.2) is 8.78 Å². The summed E-state index contributed by atoms with van der Waals surface area (Å²) in [7, 11) is 0. The number of carbonyl (C=O) groups is 1. The fourth-order valence-electron chi connectivity index (χ4n) is 1.94. The van der Waals surface area contributed by atoms with Gasteiger partial charge in [0.2, 0.25) is 0 Å². The highest BCUT2D eigenvalue weighted by Crippen LogP contribution is 2.29. The number of hydrogen-bond donors (Lipinski definition) is 2. The van der Waals surface area contributed by atoms with Gasteiger partial charge in [0.1, 0.15) is 17.5 Å². The Morgan fingerprint density at radius 2 is 2.15 bits per heavy atom. The monoisotopic (exact) mass is 283 g/mol. The van der Waals surface area contributed by atoms with Gasteiger partial charge in [0.15, 0.2) is 0 Å². The van der Waals surface area contributed by atoms with E-state index in [1.165, 1.54) is 4.90 Å². The first-order valence-corrected chi connectivity index (χ1v) is 6.25. The zero-order chi connectivity index (χ0) is 14.7. The number of nitrogens with zero attached hydrogens (tertiary/aromatic N) is 2. The Kier molecular flexibility index (Phi) is 4.16. The van der Waals surface area contributed by atoms with E-state index < -0.39 is 17.5 Å². The van der Waals surface area contributed by atoms with Crippen LogP contribution in [0.4, 0.5) is 8.78 Å². The Labute approximate surface area is 114 Å². The predicted octanol–water partition coefficient (Wildman–Crippen LogP) is 1.71. The second-order valence-electron chi connectivity index (χ2n) is 4.70. The number of amides is 1. The van der Waals surface area contributed by atoms with Crippen molar-refractivity contribution < 1.29 is 18.8 Å². The maximum Gasteiger partial charge on any atom is 0.257 e. The van der Waals surface area contributed by atoms with Crippen molar-refractivity contribution in [2.24, 2.45) is 10.9 Å². The fourth-order valence-corrected chi connectivity index (χ4v) is 1.94. The third-order valence-electron chi connectivity index (χ3n) is 3.14. The van der Waals surface area contributed by atoms with Crippen molar-refractivity contribution in [3.63, 3.8) is 0 Å². The molecule has 0 unspecified atom stereocenters. The van der Waals surface area contributed by atoms with Crippen molar-refractivity contribution in [1.29, 1.82) is 0 Å². The molecule has 0 saturated heterocycles. The van der Waals surface area contributed by atoms with Crippen molar-refractivity contribution >= 4 is 11.7 Å². The van der Waals surface area contributed by atoms with E-state index in [1.54, 1.807) is 0 Å². The molecule has 0 heterocycles. The average molecular weight is 283 g/mol. The molecule has 1 fully saturated rings. The van der Waals surface area contributed by atoms with Crippen molar-refractivity contribution in [2.45, 2.75) is 25.3 Å². The van der Waals surface area contributed by atoms with Crippen LogP contribution in [0, 0.1) is 11.6 Å². The summed E-state index contributed by atoms with van der Waals surface area (Å²) in [6, 6.07) is 2.79. The van der Waals surface area contributed by atoms with Gasteiger partial charge in [0.25, 0.3) is 5.91 Å². The molecular weight excluding hydrogens is 268 g/mol. The van der Waals surface area contributed by atoms with E-state index in [2.05, 4.69) is 5.16 Å². The normalized spacial score (nSPS) is 15.2. The summed E-state index contributed by atoms with van der Waals surface area (Å²) in [6.07, 6.45) is 1.81. The molecule has 1 saturated carbocycles. The van der Waals surface area contributed by atoms with Crippen LogP contribution in [0.15, 0.2) is 23.4 Å². The van der Waals surface area contributed by atoms with Crippen LogP contribution in [0.25, 0.3) is 0 Å². The van der Waals surface area contributed by atoms with Crippen LogP contribution in [0.1, 0.15) is 29.6 Å². The van der Waals surface area contributed by atoms with Gasteiger partial charge < -0.3 is 15.8 Å². The summed E-state index contributed by atoms with van der Waals surface area (Å²) in [6.45, 7) is 0.204. The van der Waals surface area contributed by atoms with E-state index in [4.69, 9.17) is 10.9 Å². The number of oxime groups is 1. The first-order valence-electron chi connectivity index (χ1n) is 6.25. The second-order valence-corrected chi connectivity index (χ2v) is 4.70. The molecule has 0 atom stereocenters. The zero-order valence-corrected chi connectivity index (χ0v) is 10.7. The number of amidine groups is 1. The maximum atomic E-state index is 13.6. The summed E-state index contributed by atoms with van der Waals surface area (Å²) in [5.41, 5.74) is 5.07. The average Bonchev–Trinajstić information content (AvgIpc) is 3.25. The Bertz CT molecular complexity index is 544. The van der Waals surface area contributed by atoms with Crippen LogP contribution in [-0.2, 0) is 0 Å². The minimum atomic E-state index is -0.758. The first kappa shape index (κ1) is 14.2. The summed E-state index contributed by atoms with van der Waals surface area (Å²) in [4.78, 5) is 13.7. The summed E-state index contributed by atoms with van der Waals surface area (Å²) < 4.78 is 26.8. The minimum absolute atomic E-state index is 0.0108. The molecule has 0 aromatic heterocycles. The number of rotatable bonds is 5. The Morgan fingerprint density at radius 1 is 1.45 bits per heavy atom. The lowest BCUT2D eigenvalue weighted by atomic mass is 10.1. The molecule has 0 bridgehead atoms. The summed E-state index contributed by atoms with van der Waals surface area (Å²) in [5, 5.41) is 11.3. The number of halogens is 2. The molecular formula is C13H15F2N3O2. The molecule has 20 heavy (non-hydrogen) atoms. The molecule has 0 spiro atoms. The van der Waals surface area contributed by atoms with Crippen molar-refractivity contribution in [2.75, 3.05) is 6.54 Å². The highest BCUT2D eigenvalue weighted by Gasteiger charge is 2.34. The third kappa shape index (κ3) is 3.23. The Balaban J connectivity index is 2.16. The molecule has 2 rings (SSSR count). The molecule has 1 aliphatic carbocycles. The lowest BCUT2D eigenvalue weighted by molar-refractivity contribution is 0.0742. The number of nitrogens with two attached hydrogens (primary N) is 1. The first-order chi connectivity index (χ1) is 9.52. The Morgan fingerprint density at radius 3 is 2.75 bits per heavy atom. The van der Waals surface area contributed by atoms with E-state index in [0.717, 1.165) is 31.0 Å². The van der Waals surface area contributed by atoms with Gasteiger partial charge in [-0.3, -0.25) is 4.79 Å². The SMILES string of the molecule is NC(CCN(C(=O)c1cc(F)ccc1F)C1CC1)=NO. The van der Waals surface area contributed by atoms with Crippen LogP contribution in [0.3, 0.4) is 0 Å². The molecule has 1 amide bonds. The van der Waals surface area contributed by atoms with E-state index in [0.29, 0.717) is 0 Å². The van der Waals surface area contributed by atoms with Crippen molar-refractivity contribution in [3.05, 3.63) is 35.4 Å². The highest BCUT2D eigenvalue weighted by atomic mass is 19.1. The van der Waals surface area contributed by atoms with E-state index in [9.17, 15) is 13.6 Å². The number of carbonyl (C=O) groups excluding carboxylic acids is 1. The molecule has 5 nitrogen and oxygen atoms in total. The van der Waals surface area contributed by atoms with E-state index in [1.807, 2.05) is 0 Å². The van der Waals surface area contributed by atoms with Gasteiger partial charge in [-0.2, -0.15) is 0 Å². The molecule has 0 radical (unpaired) electrons. The smallest absolute Gasteiger partial charge is 0.257 e. The Hall–Kier alpha value is -2.18. The van der Waals surface area contributed by atoms with E-state index in [-0.39, 0.29) is 30.4 Å². The lowest BCUT2D eigenvalue weighted by Crippen LogP contribution is -2.36. The molecule has 1 aromatic carbocycles. The largest absolute Gasteiger partial charge is 0.409 e. The minimum Gasteiger partial charge on any atom is -0.409 e. The van der Waals surface area contributed by atoms with Crippen LogP contribution >= 0.6 is 0 Å². The predicted molar refractivity (Wildman–Crippen MR) is 68.4 cm³/mol. The standard InChI is InChI=1S/C13H15F2N3O2/c14-8-1-4-11(15)10(7-8)13(19)18(9-2-3-9)6-5-12(16)17-20/h1,4,7,9,20H,2-3,5-6H2,(H2,16,17). The molecule has 7 heteroatoms. The van der Waals surface area contributed by atoms with Gasteiger partial charge in [0.05, 0.1) is 5.56 Å².